The summed E-state index contributed by atoms with van der Waals surface area (Å²) in [6.45, 7) is 5.39. The molecule has 0 heterocycles. The highest BCUT2D eigenvalue weighted by Gasteiger charge is 1.99. The summed E-state index contributed by atoms with van der Waals surface area (Å²) in [6, 6.07) is 15.8. The van der Waals surface area contributed by atoms with Crippen LogP contribution in [-0.4, -0.2) is 6.04 Å². The Hall–Kier alpha value is -1.34. The summed E-state index contributed by atoms with van der Waals surface area (Å²) >= 11 is 0. The van der Waals surface area contributed by atoms with Crippen molar-refractivity contribution in [2.75, 3.05) is 0 Å². The van der Waals surface area contributed by atoms with Crippen LogP contribution in [0.3, 0.4) is 0 Å². The first-order valence-corrected chi connectivity index (χ1v) is 6.00. The van der Waals surface area contributed by atoms with Crippen molar-refractivity contribution in [3.8, 4) is 0 Å². The average Bonchev–Trinajstić information content (AvgIpc) is 2.35. The summed E-state index contributed by atoms with van der Waals surface area (Å²) in [5.41, 5.74) is 1.36. The molecule has 2 aromatic carbocycles. The van der Waals surface area contributed by atoms with Crippen LogP contribution in [0.15, 0.2) is 42.5 Å². The van der Waals surface area contributed by atoms with Crippen LogP contribution in [0.1, 0.15) is 25.8 Å². The van der Waals surface area contributed by atoms with Gasteiger partial charge >= 0.3 is 0 Å². The molecule has 0 fully saturated rings. The second kappa shape index (κ2) is 5.13. The fourth-order valence-electron chi connectivity index (χ4n) is 1.79. The molecule has 16 heavy (non-hydrogen) atoms. The molecule has 0 radical (unpaired) electrons. The molecular formula is C15H19N. The van der Waals surface area contributed by atoms with Crippen molar-refractivity contribution < 1.29 is 0 Å². The number of hydrogen-bond donors (Lipinski definition) is 1. The smallest absolute Gasteiger partial charge is 0.0208 e. The number of benzene rings is 2. The molecule has 0 spiro atoms. The Morgan fingerprint density at radius 1 is 1.06 bits per heavy atom. The molecule has 0 bridgehead atoms. The van der Waals surface area contributed by atoms with E-state index in [1.165, 1.54) is 22.8 Å². The lowest BCUT2D eigenvalue weighted by Gasteiger charge is -2.11. The van der Waals surface area contributed by atoms with Crippen LogP contribution in [-0.2, 0) is 6.54 Å². The molecule has 0 aliphatic heterocycles. The Morgan fingerprint density at radius 3 is 2.56 bits per heavy atom. The van der Waals surface area contributed by atoms with Gasteiger partial charge in [0.25, 0.3) is 0 Å². The highest BCUT2D eigenvalue weighted by Crippen LogP contribution is 2.15. The van der Waals surface area contributed by atoms with E-state index in [-0.39, 0.29) is 0 Å². The van der Waals surface area contributed by atoms with Crippen LogP contribution >= 0.6 is 0 Å². The zero-order chi connectivity index (χ0) is 11.4. The molecule has 0 aliphatic rings. The van der Waals surface area contributed by atoms with Crippen LogP contribution < -0.4 is 5.32 Å². The highest BCUT2D eigenvalue weighted by atomic mass is 14.9. The van der Waals surface area contributed by atoms with E-state index in [2.05, 4.69) is 61.6 Å². The van der Waals surface area contributed by atoms with Gasteiger partial charge < -0.3 is 5.32 Å². The second-order valence-electron chi connectivity index (χ2n) is 4.37. The molecular weight excluding hydrogens is 194 g/mol. The van der Waals surface area contributed by atoms with Crippen molar-refractivity contribution in [2.24, 2.45) is 0 Å². The molecule has 1 unspecified atom stereocenters. The Bertz CT molecular complexity index is 462. The fourth-order valence-corrected chi connectivity index (χ4v) is 1.79. The molecule has 1 nitrogen and oxygen atoms in total. The molecule has 0 amide bonds. The molecule has 0 saturated carbocycles. The predicted octanol–water partition coefficient (Wildman–Crippen LogP) is 3.73. The van der Waals surface area contributed by atoms with Gasteiger partial charge in [0.05, 0.1) is 0 Å². The van der Waals surface area contributed by atoms with Gasteiger partial charge in [-0.2, -0.15) is 0 Å². The van der Waals surface area contributed by atoms with Gasteiger partial charge in [-0.3, -0.25) is 0 Å². The van der Waals surface area contributed by atoms with Gasteiger partial charge in [-0.15, -0.1) is 0 Å². The largest absolute Gasteiger partial charge is 0.310 e. The van der Waals surface area contributed by atoms with E-state index >= 15 is 0 Å². The molecule has 0 saturated heterocycles. The fraction of sp³-hybridized carbons (Fsp3) is 0.333. The maximum Gasteiger partial charge on any atom is 0.0208 e. The van der Waals surface area contributed by atoms with Gasteiger partial charge in [0.2, 0.25) is 0 Å². The van der Waals surface area contributed by atoms with Crippen LogP contribution in [0.2, 0.25) is 0 Å². The monoisotopic (exact) mass is 213 g/mol. The van der Waals surface area contributed by atoms with Crippen LogP contribution in [0.5, 0.6) is 0 Å². The molecule has 84 valence electrons. The van der Waals surface area contributed by atoms with E-state index in [0.717, 1.165) is 6.54 Å². The molecule has 0 aromatic heterocycles. The van der Waals surface area contributed by atoms with Crippen molar-refractivity contribution >= 4 is 10.8 Å². The summed E-state index contributed by atoms with van der Waals surface area (Å²) in [5.74, 6) is 0. The maximum absolute atomic E-state index is 3.51. The normalized spacial score (nSPS) is 12.9. The predicted molar refractivity (Wildman–Crippen MR) is 70.5 cm³/mol. The maximum atomic E-state index is 3.51. The molecule has 1 atom stereocenters. The number of rotatable bonds is 4. The van der Waals surface area contributed by atoms with Crippen molar-refractivity contribution in [3.63, 3.8) is 0 Å². The number of nitrogens with one attached hydrogen (secondary N) is 1. The Labute approximate surface area is 97.5 Å². The zero-order valence-electron chi connectivity index (χ0n) is 10.0. The lowest BCUT2D eigenvalue weighted by Crippen LogP contribution is -2.24. The molecule has 0 aliphatic carbocycles. The topological polar surface area (TPSA) is 12.0 Å². The van der Waals surface area contributed by atoms with Crippen LogP contribution in [0.4, 0.5) is 0 Å². The summed E-state index contributed by atoms with van der Waals surface area (Å²) in [4.78, 5) is 0. The summed E-state index contributed by atoms with van der Waals surface area (Å²) in [5, 5.41) is 6.15. The first-order valence-electron chi connectivity index (χ1n) is 6.00. The SMILES string of the molecule is CCC(C)NCc1ccc2ccccc2c1. The van der Waals surface area contributed by atoms with Crippen LogP contribution in [0.25, 0.3) is 10.8 Å². The summed E-state index contributed by atoms with van der Waals surface area (Å²) < 4.78 is 0. The van der Waals surface area contributed by atoms with Crippen molar-refractivity contribution in [2.45, 2.75) is 32.9 Å². The Balaban J connectivity index is 2.13. The highest BCUT2D eigenvalue weighted by molar-refractivity contribution is 5.82. The zero-order valence-corrected chi connectivity index (χ0v) is 10.0. The number of fused-ring (bicyclic) bond motifs is 1. The van der Waals surface area contributed by atoms with Gasteiger partial charge in [0.15, 0.2) is 0 Å². The van der Waals surface area contributed by atoms with Crippen LogP contribution in [0, 0.1) is 0 Å². The van der Waals surface area contributed by atoms with Gasteiger partial charge in [0.1, 0.15) is 0 Å². The van der Waals surface area contributed by atoms with E-state index in [1.807, 2.05) is 0 Å². The van der Waals surface area contributed by atoms with Crippen molar-refractivity contribution in [3.05, 3.63) is 48.0 Å². The van der Waals surface area contributed by atoms with Crippen molar-refractivity contribution in [1.82, 2.24) is 5.32 Å². The van der Waals surface area contributed by atoms with E-state index in [9.17, 15) is 0 Å². The van der Waals surface area contributed by atoms with E-state index in [0.29, 0.717) is 6.04 Å². The third-order valence-electron chi connectivity index (χ3n) is 3.08. The van der Waals surface area contributed by atoms with Gasteiger partial charge in [-0.1, -0.05) is 43.3 Å². The van der Waals surface area contributed by atoms with E-state index in [1.54, 1.807) is 0 Å². The average molecular weight is 213 g/mol. The molecule has 1 N–H and O–H groups in total. The minimum absolute atomic E-state index is 0.589. The third kappa shape index (κ3) is 2.61. The van der Waals surface area contributed by atoms with Crippen molar-refractivity contribution in [1.29, 1.82) is 0 Å². The second-order valence-corrected chi connectivity index (χ2v) is 4.37. The first-order chi connectivity index (χ1) is 7.79. The molecule has 2 rings (SSSR count). The minimum Gasteiger partial charge on any atom is -0.310 e. The Morgan fingerprint density at radius 2 is 1.81 bits per heavy atom. The number of hydrogen-bond acceptors (Lipinski definition) is 1. The Kier molecular flexibility index (Phi) is 3.58. The van der Waals surface area contributed by atoms with Gasteiger partial charge in [-0.05, 0) is 35.7 Å². The molecule has 1 heteroatoms. The lowest BCUT2D eigenvalue weighted by molar-refractivity contribution is 0.534. The summed E-state index contributed by atoms with van der Waals surface area (Å²) in [6.07, 6.45) is 1.17. The van der Waals surface area contributed by atoms with Gasteiger partial charge in [-0.25, -0.2) is 0 Å². The standard InChI is InChI=1S/C15H19N/c1-3-12(2)16-11-13-8-9-14-6-4-5-7-15(14)10-13/h4-10,12,16H,3,11H2,1-2H3. The summed E-state index contributed by atoms with van der Waals surface area (Å²) in [7, 11) is 0. The third-order valence-corrected chi connectivity index (χ3v) is 3.08. The quantitative estimate of drug-likeness (QED) is 0.816. The minimum atomic E-state index is 0.589. The lowest BCUT2D eigenvalue weighted by atomic mass is 10.1. The van der Waals surface area contributed by atoms with E-state index in [4.69, 9.17) is 0 Å². The van der Waals surface area contributed by atoms with Gasteiger partial charge in [0, 0.05) is 12.6 Å². The molecule has 2 aromatic rings. The van der Waals surface area contributed by atoms with E-state index < -0.39 is 0 Å². The first kappa shape index (κ1) is 11.2.